The monoisotopic (exact) mass is 291 g/mol. The van der Waals surface area contributed by atoms with Crippen molar-refractivity contribution in [1.82, 2.24) is 0 Å². The number of carboxylic acids is 1. The van der Waals surface area contributed by atoms with Crippen LogP contribution in [0.5, 0.6) is 0 Å². The Labute approximate surface area is 124 Å². The zero-order chi connectivity index (χ0) is 15.0. The van der Waals surface area contributed by atoms with Gasteiger partial charge in [-0.25, -0.2) is 9.18 Å². The molecular formula is C17H22FNO2. The Bertz CT molecular complexity index is 535. The summed E-state index contributed by atoms with van der Waals surface area (Å²) in [6, 6.07) is 4.65. The maximum atomic E-state index is 13.5. The van der Waals surface area contributed by atoms with Gasteiger partial charge in [0, 0.05) is 5.69 Å². The van der Waals surface area contributed by atoms with E-state index in [0.717, 1.165) is 18.4 Å². The van der Waals surface area contributed by atoms with E-state index in [9.17, 15) is 14.3 Å². The van der Waals surface area contributed by atoms with Gasteiger partial charge in [-0.2, -0.15) is 0 Å². The van der Waals surface area contributed by atoms with E-state index in [0.29, 0.717) is 30.4 Å². The standard InChI is InChI=1S/C17H22FNO2/c1-11-7-14(18)9-15(8-11)19-17(16(20)21)6-2-3-13(10-17)12-4-5-12/h7-9,12-13,19H,2-6,10H2,1H3,(H,20,21). The molecule has 0 spiro atoms. The molecule has 4 heteroatoms. The third-order valence-electron chi connectivity index (χ3n) is 4.91. The normalized spacial score (nSPS) is 29.1. The third-order valence-corrected chi connectivity index (χ3v) is 4.91. The van der Waals surface area contributed by atoms with Gasteiger partial charge < -0.3 is 10.4 Å². The number of aliphatic carboxylic acids is 1. The molecule has 0 radical (unpaired) electrons. The second kappa shape index (κ2) is 5.32. The molecule has 2 aliphatic carbocycles. The largest absolute Gasteiger partial charge is 0.480 e. The average Bonchev–Trinajstić information content (AvgIpc) is 3.21. The Morgan fingerprint density at radius 1 is 1.29 bits per heavy atom. The molecule has 2 fully saturated rings. The molecule has 2 atom stereocenters. The highest BCUT2D eigenvalue weighted by Crippen LogP contribution is 2.47. The van der Waals surface area contributed by atoms with Gasteiger partial charge in [0.2, 0.25) is 0 Å². The molecule has 3 rings (SSSR count). The van der Waals surface area contributed by atoms with Crippen molar-refractivity contribution in [3.05, 3.63) is 29.6 Å². The summed E-state index contributed by atoms with van der Waals surface area (Å²) in [6.07, 6.45) is 5.79. The van der Waals surface area contributed by atoms with E-state index < -0.39 is 11.5 Å². The van der Waals surface area contributed by atoms with Gasteiger partial charge in [0.25, 0.3) is 0 Å². The zero-order valence-electron chi connectivity index (χ0n) is 12.4. The Morgan fingerprint density at radius 2 is 2.05 bits per heavy atom. The molecule has 0 aliphatic heterocycles. The van der Waals surface area contributed by atoms with Crippen LogP contribution < -0.4 is 5.32 Å². The van der Waals surface area contributed by atoms with Crippen molar-refractivity contribution in [2.24, 2.45) is 11.8 Å². The summed E-state index contributed by atoms with van der Waals surface area (Å²) < 4.78 is 13.5. The lowest BCUT2D eigenvalue weighted by atomic mass is 9.73. The Hall–Kier alpha value is -1.58. The van der Waals surface area contributed by atoms with Crippen LogP contribution in [0.2, 0.25) is 0 Å². The highest BCUT2D eigenvalue weighted by molar-refractivity contribution is 5.83. The number of benzene rings is 1. The maximum absolute atomic E-state index is 13.5. The summed E-state index contributed by atoms with van der Waals surface area (Å²) in [4.78, 5) is 11.9. The van der Waals surface area contributed by atoms with E-state index >= 15 is 0 Å². The maximum Gasteiger partial charge on any atom is 0.329 e. The van der Waals surface area contributed by atoms with Crippen LogP contribution in [-0.2, 0) is 4.79 Å². The Balaban J connectivity index is 1.84. The zero-order valence-corrected chi connectivity index (χ0v) is 12.4. The van der Waals surface area contributed by atoms with Crippen molar-refractivity contribution >= 4 is 11.7 Å². The summed E-state index contributed by atoms with van der Waals surface area (Å²) >= 11 is 0. The second-order valence-electron chi connectivity index (χ2n) is 6.72. The van der Waals surface area contributed by atoms with E-state index in [2.05, 4.69) is 5.32 Å². The number of nitrogens with one attached hydrogen (secondary N) is 1. The molecule has 0 amide bonds. The first-order chi connectivity index (χ1) is 9.98. The number of rotatable bonds is 4. The van der Waals surface area contributed by atoms with Gasteiger partial charge in [0.05, 0.1) is 0 Å². The van der Waals surface area contributed by atoms with Crippen molar-refractivity contribution in [3.8, 4) is 0 Å². The van der Waals surface area contributed by atoms with E-state index in [1.807, 2.05) is 13.0 Å². The molecule has 0 heterocycles. The van der Waals surface area contributed by atoms with Gasteiger partial charge in [0.15, 0.2) is 0 Å². The first kappa shape index (κ1) is 14.4. The summed E-state index contributed by atoms with van der Waals surface area (Å²) in [5.74, 6) is 0.0689. The lowest BCUT2D eigenvalue weighted by Gasteiger charge is -2.39. The molecule has 2 unspecified atom stereocenters. The fourth-order valence-corrected chi connectivity index (χ4v) is 3.73. The number of anilines is 1. The molecule has 3 nitrogen and oxygen atoms in total. The van der Waals surface area contributed by atoms with Crippen molar-refractivity contribution in [1.29, 1.82) is 0 Å². The van der Waals surface area contributed by atoms with E-state index in [1.54, 1.807) is 0 Å². The summed E-state index contributed by atoms with van der Waals surface area (Å²) in [5, 5.41) is 12.9. The lowest BCUT2D eigenvalue weighted by molar-refractivity contribution is -0.144. The molecule has 0 bridgehead atoms. The molecule has 2 saturated carbocycles. The Kier molecular flexibility index (Phi) is 3.64. The second-order valence-corrected chi connectivity index (χ2v) is 6.72. The molecule has 2 N–H and O–H groups in total. The molecule has 0 saturated heterocycles. The minimum Gasteiger partial charge on any atom is -0.480 e. The van der Waals surface area contributed by atoms with Gasteiger partial charge in [-0.1, -0.05) is 6.42 Å². The summed E-state index contributed by atoms with van der Waals surface area (Å²) in [6.45, 7) is 1.82. The van der Waals surface area contributed by atoms with E-state index in [4.69, 9.17) is 0 Å². The first-order valence-corrected chi connectivity index (χ1v) is 7.77. The highest BCUT2D eigenvalue weighted by atomic mass is 19.1. The van der Waals surface area contributed by atoms with Crippen molar-refractivity contribution in [2.45, 2.75) is 51.0 Å². The van der Waals surface area contributed by atoms with Crippen LogP contribution in [0.25, 0.3) is 0 Å². The number of carbonyl (C=O) groups is 1. The van der Waals surface area contributed by atoms with E-state index in [-0.39, 0.29) is 5.82 Å². The number of aryl methyl sites for hydroxylation is 1. The van der Waals surface area contributed by atoms with Gasteiger partial charge in [-0.15, -0.1) is 0 Å². The summed E-state index contributed by atoms with van der Waals surface area (Å²) in [7, 11) is 0. The topological polar surface area (TPSA) is 49.3 Å². The molecule has 2 aliphatic rings. The average molecular weight is 291 g/mol. The molecular weight excluding hydrogens is 269 g/mol. The van der Waals surface area contributed by atoms with Crippen LogP contribution in [-0.4, -0.2) is 16.6 Å². The molecule has 114 valence electrons. The predicted molar refractivity (Wildman–Crippen MR) is 79.8 cm³/mol. The van der Waals surface area contributed by atoms with Crippen LogP contribution in [0.4, 0.5) is 10.1 Å². The molecule has 1 aromatic carbocycles. The predicted octanol–water partition coefficient (Wildman–Crippen LogP) is 3.97. The van der Waals surface area contributed by atoms with Crippen LogP contribution in [0.15, 0.2) is 18.2 Å². The van der Waals surface area contributed by atoms with Gasteiger partial charge in [-0.05, 0) is 74.6 Å². The number of halogens is 1. The highest BCUT2D eigenvalue weighted by Gasteiger charge is 2.46. The molecule has 0 aromatic heterocycles. The van der Waals surface area contributed by atoms with Gasteiger partial charge in [-0.3, -0.25) is 0 Å². The van der Waals surface area contributed by atoms with Crippen LogP contribution in [0.1, 0.15) is 44.1 Å². The van der Waals surface area contributed by atoms with Crippen LogP contribution >= 0.6 is 0 Å². The van der Waals surface area contributed by atoms with Crippen LogP contribution in [0.3, 0.4) is 0 Å². The smallest absolute Gasteiger partial charge is 0.329 e. The first-order valence-electron chi connectivity index (χ1n) is 7.77. The fourth-order valence-electron chi connectivity index (χ4n) is 3.73. The van der Waals surface area contributed by atoms with Crippen LogP contribution in [0, 0.1) is 24.6 Å². The minimum absolute atomic E-state index is 0.326. The quantitative estimate of drug-likeness (QED) is 0.882. The van der Waals surface area contributed by atoms with Crippen molar-refractivity contribution in [2.75, 3.05) is 5.32 Å². The fraction of sp³-hybridized carbons (Fsp3) is 0.588. The van der Waals surface area contributed by atoms with Crippen molar-refractivity contribution < 1.29 is 14.3 Å². The Morgan fingerprint density at radius 3 is 2.67 bits per heavy atom. The van der Waals surface area contributed by atoms with Gasteiger partial charge in [0.1, 0.15) is 11.4 Å². The van der Waals surface area contributed by atoms with Gasteiger partial charge >= 0.3 is 5.97 Å². The SMILES string of the molecule is Cc1cc(F)cc(NC2(C(=O)O)CCCC(C3CC3)C2)c1. The minimum atomic E-state index is -0.939. The van der Waals surface area contributed by atoms with Crippen molar-refractivity contribution in [3.63, 3.8) is 0 Å². The summed E-state index contributed by atoms with van der Waals surface area (Å²) in [5.41, 5.74) is 0.435. The number of carboxylic acid groups (broad SMARTS) is 1. The third kappa shape index (κ3) is 3.04. The lowest BCUT2D eigenvalue weighted by Crippen LogP contribution is -2.50. The molecule has 1 aromatic rings. The van der Waals surface area contributed by atoms with E-state index in [1.165, 1.54) is 25.0 Å². The number of hydrogen-bond donors (Lipinski definition) is 2. The molecule has 21 heavy (non-hydrogen) atoms. The number of hydrogen-bond acceptors (Lipinski definition) is 2.